The van der Waals surface area contributed by atoms with Gasteiger partial charge < -0.3 is 10.6 Å². The smallest absolute Gasteiger partial charge is 0.256 e. The number of carbonyl (C=O) groups excluding carboxylic acids is 2. The molecule has 4 aromatic rings. The summed E-state index contributed by atoms with van der Waals surface area (Å²) in [6.45, 7) is 3.72. The number of aromatic nitrogens is 3. The van der Waals surface area contributed by atoms with Gasteiger partial charge in [-0.1, -0.05) is 41.6 Å². The maximum atomic E-state index is 14.1. The van der Waals surface area contributed by atoms with Crippen molar-refractivity contribution in [3.63, 3.8) is 0 Å². The van der Waals surface area contributed by atoms with Gasteiger partial charge in [-0.2, -0.15) is 0 Å². The summed E-state index contributed by atoms with van der Waals surface area (Å²) in [4.78, 5) is 25.2. The van der Waals surface area contributed by atoms with Gasteiger partial charge in [0.25, 0.3) is 5.91 Å². The normalized spacial score (nSPS) is 10.8. The number of rotatable bonds is 8. The largest absolute Gasteiger partial charge is 0.345 e. The Morgan fingerprint density at radius 2 is 1.78 bits per heavy atom. The van der Waals surface area contributed by atoms with Crippen LogP contribution in [0.15, 0.2) is 65.8 Å². The third-order valence-electron chi connectivity index (χ3n) is 5.38. The van der Waals surface area contributed by atoms with Crippen molar-refractivity contribution in [2.24, 2.45) is 0 Å². The summed E-state index contributed by atoms with van der Waals surface area (Å²) in [6.07, 6.45) is 0. The lowest BCUT2D eigenvalue weighted by molar-refractivity contribution is -0.113. The first-order valence-corrected chi connectivity index (χ1v) is 12.5. The average molecular weight is 542 g/mol. The first-order chi connectivity index (χ1) is 17.7. The number of nitrogens with zero attached hydrogens (tertiary/aromatic N) is 3. The molecule has 0 unspecified atom stereocenters. The minimum atomic E-state index is -0.754. The molecular formula is C26H22ClF2N5O2S. The van der Waals surface area contributed by atoms with Crippen LogP contribution in [0.25, 0.3) is 5.69 Å². The molecule has 11 heteroatoms. The molecule has 190 valence electrons. The van der Waals surface area contributed by atoms with Crippen LogP contribution in [0.3, 0.4) is 0 Å². The highest BCUT2D eigenvalue weighted by Crippen LogP contribution is 2.24. The molecule has 0 bridgehead atoms. The highest BCUT2D eigenvalue weighted by molar-refractivity contribution is 7.99. The maximum absolute atomic E-state index is 14.1. The van der Waals surface area contributed by atoms with Crippen LogP contribution in [0.1, 0.15) is 27.3 Å². The van der Waals surface area contributed by atoms with E-state index in [9.17, 15) is 18.4 Å². The van der Waals surface area contributed by atoms with Crippen LogP contribution in [0.4, 0.5) is 14.5 Å². The van der Waals surface area contributed by atoms with Gasteiger partial charge in [-0.25, -0.2) is 8.78 Å². The van der Waals surface area contributed by atoms with E-state index in [2.05, 4.69) is 20.8 Å². The summed E-state index contributed by atoms with van der Waals surface area (Å²) < 4.78 is 29.3. The lowest BCUT2D eigenvalue weighted by Gasteiger charge is -2.12. The van der Waals surface area contributed by atoms with E-state index >= 15 is 0 Å². The van der Waals surface area contributed by atoms with Gasteiger partial charge in [0, 0.05) is 11.4 Å². The Balaban J connectivity index is 1.53. The van der Waals surface area contributed by atoms with Crippen LogP contribution >= 0.6 is 23.4 Å². The van der Waals surface area contributed by atoms with Crippen molar-refractivity contribution in [2.75, 3.05) is 11.1 Å². The van der Waals surface area contributed by atoms with Crippen LogP contribution in [-0.4, -0.2) is 32.3 Å². The minimum absolute atomic E-state index is 0.0244. The fraction of sp³-hybridized carbons (Fsp3) is 0.154. The lowest BCUT2D eigenvalue weighted by Crippen LogP contribution is -2.26. The Morgan fingerprint density at radius 3 is 2.51 bits per heavy atom. The third-order valence-corrected chi connectivity index (χ3v) is 6.63. The molecule has 1 aromatic heterocycles. The van der Waals surface area contributed by atoms with E-state index < -0.39 is 17.5 Å². The number of hydrogen-bond acceptors (Lipinski definition) is 5. The van der Waals surface area contributed by atoms with E-state index in [1.165, 1.54) is 36.4 Å². The molecule has 0 saturated heterocycles. The van der Waals surface area contributed by atoms with E-state index in [4.69, 9.17) is 11.6 Å². The number of hydrogen-bond donors (Lipinski definition) is 2. The molecule has 0 radical (unpaired) electrons. The Kier molecular flexibility index (Phi) is 8.20. The topological polar surface area (TPSA) is 88.9 Å². The molecule has 2 N–H and O–H groups in total. The third kappa shape index (κ3) is 6.33. The van der Waals surface area contributed by atoms with Gasteiger partial charge in [-0.3, -0.25) is 14.2 Å². The van der Waals surface area contributed by atoms with Crippen molar-refractivity contribution in [3.8, 4) is 5.69 Å². The lowest BCUT2D eigenvalue weighted by atomic mass is 10.1. The van der Waals surface area contributed by atoms with Crippen molar-refractivity contribution in [1.29, 1.82) is 0 Å². The first-order valence-electron chi connectivity index (χ1n) is 11.2. The van der Waals surface area contributed by atoms with E-state index in [0.29, 0.717) is 16.7 Å². The molecular weight excluding hydrogens is 520 g/mol. The minimum Gasteiger partial charge on any atom is -0.345 e. The van der Waals surface area contributed by atoms with Crippen molar-refractivity contribution in [1.82, 2.24) is 20.1 Å². The molecule has 1 heterocycles. The van der Waals surface area contributed by atoms with Gasteiger partial charge in [0.05, 0.1) is 22.9 Å². The maximum Gasteiger partial charge on any atom is 0.256 e. The molecule has 2 amide bonds. The van der Waals surface area contributed by atoms with Gasteiger partial charge in [0.2, 0.25) is 5.91 Å². The first kappa shape index (κ1) is 26.3. The zero-order valence-corrected chi connectivity index (χ0v) is 21.5. The Hall–Kier alpha value is -3.76. The fourth-order valence-corrected chi connectivity index (χ4v) is 4.53. The van der Waals surface area contributed by atoms with Crippen LogP contribution in [-0.2, 0) is 11.3 Å². The summed E-state index contributed by atoms with van der Waals surface area (Å²) in [5.74, 6) is -1.82. The molecule has 0 saturated carbocycles. The molecule has 0 aliphatic heterocycles. The number of aryl methyl sites for hydroxylation is 2. The summed E-state index contributed by atoms with van der Waals surface area (Å²) in [5, 5.41) is 14.1. The zero-order valence-electron chi connectivity index (χ0n) is 19.9. The second kappa shape index (κ2) is 11.5. The fourth-order valence-electron chi connectivity index (χ4n) is 3.51. The van der Waals surface area contributed by atoms with Crippen LogP contribution < -0.4 is 10.6 Å². The van der Waals surface area contributed by atoms with E-state index in [0.717, 1.165) is 34.6 Å². The van der Waals surface area contributed by atoms with Gasteiger partial charge in [0.1, 0.15) is 11.6 Å². The summed E-state index contributed by atoms with van der Waals surface area (Å²) in [6, 6.07) is 15.3. The Bertz CT molecular complexity index is 1440. The Labute approximate surface area is 221 Å². The highest BCUT2D eigenvalue weighted by atomic mass is 35.5. The van der Waals surface area contributed by atoms with Gasteiger partial charge in [0.15, 0.2) is 11.0 Å². The van der Waals surface area contributed by atoms with Gasteiger partial charge in [-0.15, -0.1) is 10.2 Å². The molecule has 4 rings (SSSR count). The monoisotopic (exact) mass is 541 g/mol. The molecule has 0 spiro atoms. The zero-order chi connectivity index (χ0) is 26.5. The van der Waals surface area contributed by atoms with Crippen molar-refractivity contribution >= 4 is 40.9 Å². The van der Waals surface area contributed by atoms with E-state index in [1.807, 2.05) is 32.0 Å². The van der Waals surface area contributed by atoms with Crippen LogP contribution in [0.5, 0.6) is 0 Å². The predicted octanol–water partition coefficient (Wildman–Crippen LogP) is 5.48. The predicted molar refractivity (Wildman–Crippen MR) is 139 cm³/mol. The molecule has 0 atom stereocenters. The number of thioether (sulfide) groups is 1. The number of halogens is 3. The summed E-state index contributed by atoms with van der Waals surface area (Å²) in [5.41, 5.74) is 2.92. The summed E-state index contributed by atoms with van der Waals surface area (Å²) in [7, 11) is 0. The average Bonchev–Trinajstić information content (AvgIpc) is 3.27. The quantitative estimate of drug-likeness (QED) is 0.288. The second-order valence-corrected chi connectivity index (χ2v) is 9.49. The van der Waals surface area contributed by atoms with E-state index in [-0.39, 0.29) is 28.8 Å². The molecule has 7 nitrogen and oxygen atoms in total. The molecule has 0 aliphatic carbocycles. The standard InChI is InChI=1S/C26H22ClF2N5O2S/c1-15-6-7-16(2)21(12-15)31-23(35)14-37-26-33-32-22(34(26)18-10-8-17(28)9-11-18)13-30-25(36)24-19(27)4-3-5-20(24)29/h3-12H,13-14H2,1-2H3,(H,30,36)(H,31,35). The second-order valence-electron chi connectivity index (χ2n) is 8.15. The number of amides is 2. The van der Waals surface area contributed by atoms with Gasteiger partial charge in [-0.05, 0) is 67.4 Å². The van der Waals surface area contributed by atoms with Crippen LogP contribution in [0.2, 0.25) is 5.02 Å². The number of benzene rings is 3. The summed E-state index contributed by atoms with van der Waals surface area (Å²) >= 11 is 7.12. The SMILES string of the molecule is Cc1ccc(C)c(NC(=O)CSc2nnc(CNC(=O)c3c(F)cccc3Cl)n2-c2ccc(F)cc2)c1. The Morgan fingerprint density at radius 1 is 1.03 bits per heavy atom. The van der Waals surface area contributed by atoms with Crippen LogP contribution in [0, 0.1) is 25.5 Å². The van der Waals surface area contributed by atoms with Gasteiger partial charge >= 0.3 is 0 Å². The molecule has 37 heavy (non-hydrogen) atoms. The van der Waals surface area contributed by atoms with Crippen molar-refractivity contribution in [2.45, 2.75) is 25.5 Å². The number of carbonyl (C=O) groups is 2. The van der Waals surface area contributed by atoms with E-state index in [1.54, 1.807) is 4.57 Å². The highest BCUT2D eigenvalue weighted by Gasteiger charge is 2.20. The van der Waals surface area contributed by atoms with Crippen molar-refractivity contribution in [3.05, 3.63) is 99.8 Å². The molecule has 0 fully saturated rings. The number of nitrogens with one attached hydrogen (secondary N) is 2. The number of anilines is 1. The van der Waals surface area contributed by atoms with Crippen molar-refractivity contribution < 1.29 is 18.4 Å². The molecule has 3 aromatic carbocycles. The molecule has 0 aliphatic rings.